The number of rotatable bonds is 0. The Bertz CT molecular complexity index is 135. The molecule has 2 bridgehead atoms. The maximum atomic E-state index is 9.73. The van der Waals surface area contributed by atoms with Gasteiger partial charge in [0.25, 0.3) is 0 Å². The highest BCUT2D eigenvalue weighted by Crippen LogP contribution is 2.49. The van der Waals surface area contributed by atoms with Gasteiger partial charge in [-0.1, -0.05) is 0 Å². The first kappa shape index (κ1) is 7.68. The summed E-state index contributed by atoms with van der Waals surface area (Å²) in [6.45, 7) is 0. The zero-order chi connectivity index (χ0) is 7.19. The van der Waals surface area contributed by atoms with Crippen LogP contribution in [0, 0.1) is 0 Å². The number of halogens is 1. The van der Waals surface area contributed by atoms with Crippen molar-refractivity contribution in [2.75, 3.05) is 0 Å². The lowest BCUT2D eigenvalue weighted by molar-refractivity contribution is 0.137. The van der Waals surface area contributed by atoms with Gasteiger partial charge in [-0.25, -0.2) is 0 Å². The lowest BCUT2D eigenvalue weighted by Crippen LogP contribution is -2.30. The lowest BCUT2D eigenvalue weighted by Gasteiger charge is -2.30. The molecule has 0 amide bonds. The highest BCUT2D eigenvalue weighted by atomic mass is 127. The van der Waals surface area contributed by atoms with Gasteiger partial charge in [-0.15, -0.1) is 0 Å². The average Bonchev–Trinajstić information content (AvgIpc) is 2.08. The van der Waals surface area contributed by atoms with Crippen molar-refractivity contribution in [3.05, 3.63) is 0 Å². The molecule has 2 saturated heterocycles. The normalized spacial score (nSPS) is 53.4. The van der Waals surface area contributed by atoms with Gasteiger partial charge in [0.2, 0.25) is 0 Å². The van der Waals surface area contributed by atoms with Crippen LogP contribution in [-0.2, 0) is 0 Å². The summed E-state index contributed by atoms with van der Waals surface area (Å²) in [4.78, 5) is 0. The summed E-state index contributed by atoms with van der Waals surface area (Å²) in [5.41, 5.74) is 0. The summed E-state index contributed by atoms with van der Waals surface area (Å²) in [6.07, 6.45) is 4.69. The topological polar surface area (TPSA) is 20.2 Å². The van der Waals surface area contributed by atoms with Crippen molar-refractivity contribution in [1.29, 1.82) is 0 Å². The average molecular weight is 270 g/mol. The minimum Gasteiger partial charge on any atom is -0.380 e. The number of thioether (sulfide) groups is 1. The fraction of sp³-hybridized carbons (Fsp3) is 1.00. The number of hydrogen-bond donors (Lipinski definition) is 1. The maximum Gasteiger partial charge on any atom is 0.117 e. The van der Waals surface area contributed by atoms with Gasteiger partial charge in [0.15, 0.2) is 0 Å². The number of alkyl halides is 1. The molecule has 0 spiro atoms. The highest BCUT2D eigenvalue weighted by Gasteiger charge is 2.41. The van der Waals surface area contributed by atoms with Gasteiger partial charge in [0.05, 0.1) is 0 Å². The molecule has 2 aliphatic rings. The van der Waals surface area contributed by atoms with E-state index >= 15 is 0 Å². The minimum absolute atomic E-state index is 0.366. The molecule has 0 saturated carbocycles. The van der Waals surface area contributed by atoms with Crippen LogP contribution in [0.2, 0.25) is 0 Å². The van der Waals surface area contributed by atoms with E-state index in [2.05, 4.69) is 34.4 Å². The first-order chi connectivity index (χ1) is 4.66. The van der Waals surface area contributed by atoms with Crippen molar-refractivity contribution in [2.24, 2.45) is 0 Å². The summed E-state index contributed by atoms with van der Waals surface area (Å²) in [7, 11) is 0. The second-order valence-corrected chi connectivity index (χ2v) is 6.90. The van der Waals surface area contributed by atoms with Crippen LogP contribution in [0.4, 0.5) is 0 Å². The van der Waals surface area contributed by atoms with E-state index in [4.69, 9.17) is 0 Å². The molecule has 0 aromatic rings. The highest BCUT2D eigenvalue weighted by molar-refractivity contribution is 14.1. The van der Waals surface area contributed by atoms with Crippen molar-refractivity contribution < 1.29 is 5.11 Å². The molecule has 1 N–H and O–H groups in total. The first-order valence-corrected chi connectivity index (χ1v) is 5.75. The summed E-state index contributed by atoms with van der Waals surface area (Å²) in [5.74, 6) is 0. The van der Waals surface area contributed by atoms with Crippen molar-refractivity contribution in [3.8, 4) is 0 Å². The van der Waals surface area contributed by atoms with Gasteiger partial charge >= 0.3 is 0 Å². The van der Waals surface area contributed by atoms with Crippen molar-refractivity contribution >= 4 is 34.4 Å². The Hall–Kier alpha value is 1.04. The Kier molecular flexibility index (Phi) is 1.94. The first-order valence-electron chi connectivity index (χ1n) is 3.72. The molecular formula is C7H11IOS. The third-order valence-corrected chi connectivity index (χ3v) is 4.73. The lowest BCUT2D eigenvalue weighted by atomic mass is 10.1. The van der Waals surface area contributed by atoms with E-state index in [0.29, 0.717) is 0 Å². The van der Waals surface area contributed by atoms with Gasteiger partial charge in [-0.2, -0.15) is 11.8 Å². The summed E-state index contributed by atoms with van der Waals surface area (Å²) < 4.78 is -0.366. The van der Waals surface area contributed by atoms with Gasteiger partial charge in [0.1, 0.15) is 3.61 Å². The van der Waals surface area contributed by atoms with Gasteiger partial charge < -0.3 is 5.11 Å². The molecule has 1 nitrogen and oxygen atoms in total. The maximum absolute atomic E-state index is 9.73. The van der Waals surface area contributed by atoms with E-state index in [1.165, 1.54) is 12.8 Å². The molecule has 2 rings (SSSR count). The third kappa shape index (κ3) is 1.46. The van der Waals surface area contributed by atoms with E-state index in [-0.39, 0.29) is 3.61 Å². The second-order valence-electron chi connectivity index (χ2n) is 3.28. The number of aliphatic hydroxyl groups is 1. The molecular weight excluding hydrogens is 259 g/mol. The molecule has 0 unspecified atom stereocenters. The predicted molar refractivity (Wildman–Crippen MR) is 52.6 cm³/mol. The van der Waals surface area contributed by atoms with Crippen LogP contribution in [0.3, 0.4) is 0 Å². The van der Waals surface area contributed by atoms with Gasteiger partial charge in [0, 0.05) is 10.5 Å². The molecule has 2 aliphatic heterocycles. The van der Waals surface area contributed by atoms with Crippen LogP contribution in [0.25, 0.3) is 0 Å². The van der Waals surface area contributed by atoms with E-state index in [1.54, 1.807) is 0 Å². The van der Waals surface area contributed by atoms with E-state index < -0.39 is 0 Å². The Labute approximate surface area is 79.1 Å². The van der Waals surface area contributed by atoms with Crippen LogP contribution in [0.1, 0.15) is 25.7 Å². The quantitative estimate of drug-likeness (QED) is 0.537. The zero-order valence-corrected chi connectivity index (χ0v) is 8.69. The van der Waals surface area contributed by atoms with E-state index in [9.17, 15) is 5.11 Å². The smallest absolute Gasteiger partial charge is 0.117 e. The molecule has 2 heterocycles. The molecule has 3 atom stereocenters. The SMILES string of the molecule is O[C@@]1(I)C[C@H]2CC[C@@H](C1)S2. The Morgan fingerprint density at radius 1 is 1.30 bits per heavy atom. The molecule has 0 aliphatic carbocycles. The van der Waals surface area contributed by atoms with E-state index in [0.717, 1.165) is 23.3 Å². The molecule has 0 aromatic carbocycles. The number of fused-ring (bicyclic) bond motifs is 2. The number of hydrogen-bond acceptors (Lipinski definition) is 2. The standard InChI is InChI=1S/C7H11IOS/c8-7(9)3-5-1-2-6(4-7)10-5/h5-6,9H,1-4H2/t5-,6+,7+. The zero-order valence-electron chi connectivity index (χ0n) is 5.72. The molecule has 10 heavy (non-hydrogen) atoms. The van der Waals surface area contributed by atoms with Crippen LogP contribution >= 0.6 is 34.4 Å². The van der Waals surface area contributed by atoms with Crippen molar-refractivity contribution in [2.45, 2.75) is 39.8 Å². The Balaban J connectivity index is 2.09. The van der Waals surface area contributed by atoms with Gasteiger partial charge in [-0.3, -0.25) is 0 Å². The van der Waals surface area contributed by atoms with Crippen LogP contribution in [0.5, 0.6) is 0 Å². The van der Waals surface area contributed by atoms with Crippen molar-refractivity contribution in [1.82, 2.24) is 0 Å². The molecule has 58 valence electrons. The molecule has 0 radical (unpaired) electrons. The fourth-order valence-electron chi connectivity index (χ4n) is 1.86. The van der Waals surface area contributed by atoms with Crippen molar-refractivity contribution in [3.63, 3.8) is 0 Å². The Morgan fingerprint density at radius 2 is 1.80 bits per heavy atom. The third-order valence-electron chi connectivity index (χ3n) is 2.28. The monoisotopic (exact) mass is 270 g/mol. The van der Waals surface area contributed by atoms with E-state index in [1.807, 2.05) is 0 Å². The largest absolute Gasteiger partial charge is 0.380 e. The fourth-order valence-corrected chi connectivity index (χ4v) is 5.35. The van der Waals surface area contributed by atoms with Crippen LogP contribution in [0.15, 0.2) is 0 Å². The summed E-state index contributed by atoms with van der Waals surface area (Å²) in [6, 6.07) is 0. The molecule has 2 fully saturated rings. The molecule has 3 heteroatoms. The predicted octanol–water partition coefficient (Wildman–Crippen LogP) is 2.17. The second kappa shape index (κ2) is 2.52. The minimum atomic E-state index is -0.366. The summed E-state index contributed by atoms with van der Waals surface area (Å²) >= 11 is 4.29. The summed E-state index contributed by atoms with van der Waals surface area (Å²) in [5, 5.41) is 11.3. The van der Waals surface area contributed by atoms with Gasteiger partial charge in [-0.05, 0) is 48.3 Å². The van der Waals surface area contributed by atoms with Crippen LogP contribution in [-0.4, -0.2) is 19.2 Å². The molecule has 0 aromatic heterocycles. The van der Waals surface area contributed by atoms with Crippen LogP contribution < -0.4 is 0 Å². The Morgan fingerprint density at radius 3 is 2.30 bits per heavy atom.